The van der Waals surface area contributed by atoms with Crippen LogP contribution in [0.3, 0.4) is 0 Å². The first-order valence-corrected chi connectivity index (χ1v) is 10.6. The molecule has 0 spiro atoms. The van der Waals surface area contributed by atoms with E-state index in [0.717, 1.165) is 0 Å². The third-order valence-electron chi connectivity index (χ3n) is 4.95. The average molecular weight is 452 g/mol. The summed E-state index contributed by atoms with van der Waals surface area (Å²) in [6.07, 6.45) is 1.06. The van der Waals surface area contributed by atoms with Crippen molar-refractivity contribution >= 4 is 17.7 Å². The number of hydrogen-bond donors (Lipinski definition) is 1. The minimum absolute atomic E-state index is 0.159. The molecule has 0 saturated heterocycles. The second kappa shape index (κ2) is 9.39. The molecule has 2 aromatic rings. The molecule has 0 aliphatic rings. The standard InChI is InChI=1S/C23H31ClFN3O3/c1-14(2)12-23(7,28(21(29)30)22(4,5)6)13-31-18-9-8-17(27-15(18)3)16-10-11-26-20(24)19(16)25/h8-11,14H,12-13H2,1-7H3,(H,29,30)/t23-/m0/s1. The fourth-order valence-corrected chi connectivity index (χ4v) is 4.28. The van der Waals surface area contributed by atoms with E-state index in [0.29, 0.717) is 23.6 Å². The molecule has 0 aliphatic heterocycles. The monoisotopic (exact) mass is 451 g/mol. The van der Waals surface area contributed by atoms with Gasteiger partial charge in [-0.1, -0.05) is 25.4 Å². The van der Waals surface area contributed by atoms with Crippen molar-refractivity contribution in [2.75, 3.05) is 6.61 Å². The predicted octanol–water partition coefficient (Wildman–Crippen LogP) is 6.21. The summed E-state index contributed by atoms with van der Waals surface area (Å²) in [6.45, 7) is 13.5. The Morgan fingerprint density at radius 1 is 1.26 bits per heavy atom. The molecule has 2 heterocycles. The second-order valence-corrected chi connectivity index (χ2v) is 9.77. The molecule has 1 amide bonds. The number of hydrogen-bond acceptors (Lipinski definition) is 4. The maximum absolute atomic E-state index is 14.3. The van der Waals surface area contributed by atoms with E-state index >= 15 is 0 Å². The van der Waals surface area contributed by atoms with E-state index in [4.69, 9.17) is 16.3 Å². The van der Waals surface area contributed by atoms with Gasteiger partial charge in [-0.05, 0) is 65.2 Å². The highest BCUT2D eigenvalue weighted by molar-refractivity contribution is 6.29. The summed E-state index contributed by atoms with van der Waals surface area (Å²) in [6, 6.07) is 4.87. The normalized spacial score (nSPS) is 13.7. The highest BCUT2D eigenvalue weighted by Crippen LogP contribution is 2.33. The van der Waals surface area contributed by atoms with Crippen LogP contribution in [-0.4, -0.2) is 43.8 Å². The average Bonchev–Trinajstić information content (AvgIpc) is 2.60. The van der Waals surface area contributed by atoms with Gasteiger partial charge in [0.2, 0.25) is 0 Å². The molecule has 0 bridgehead atoms. The zero-order chi connectivity index (χ0) is 23.6. The molecule has 0 unspecified atom stereocenters. The van der Waals surface area contributed by atoms with Crippen molar-refractivity contribution in [2.45, 2.75) is 66.0 Å². The van der Waals surface area contributed by atoms with E-state index in [1.165, 1.54) is 17.2 Å². The van der Waals surface area contributed by atoms with Crippen LogP contribution in [0.1, 0.15) is 53.7 Å². The molecule has 170 valence electrons. The van der Waals surface area contributed by atoms with Crippen LogP contribution in [0, 0.1) is 18.7 Å². The second-order valence-electron chi connectivity index (χ2n) is 9.42. The van der Waals surface area contributed by atoms with Crippen LogP contribution in [-0.2, 0) is 0 Å². The molecule has 0 aliphatic carbocycles. The van der Waals surface area contributed by atoms with Crippen LogP contribution < -0.4 is 4.74 Å². The number of nitrogens with zero attached hydrogens (tertiary/aromatic N) is 3. The highest BCUT2D eigenvalue weighted by atomic mass is 35.5. The molecule has 0 saturated carbocycles. The lowest BCUT2D eigenvalue weighted by molar-refractivity contribution is -0.0110. The topological polar surface area (TPSA) is 75.6 Å². The van der Waals surface area contributed by atoms with Crippen molar-refractivity contribution in [3.05, 3.63) is 41.1 Å². The number of aromatic nitrogens is 2. The molecule has 8 heteroatoms. The van der Waals surface area contributed by atoms with Gasteiger partial charge in [0.25, 0.3) is 0 Å². The molecule has 0 aromatic carbocycles. The number of aryl methyl sites for hydroxylation is 1. The fraction of sp³-hybridized carbons (Fsp3) is 0.522. The zero-order valence-electron chi connectivity index (χ0n) is 19.2. The van der Waals surface area contributed by atoms with E-state index < -0.39 is 23.0 Å². The van der Waals surface area contributed by atoms with Crippen molar-refractivity contribution < 1.29 is 19.0 Å². The smallest absolute Gasteiger partial charge is 0.408 e. The third-order valence-corrected chi connectivity index (χ3v) is 5.21. The van der Waals surface area contributed by atoms with E-state index in [-0.39, 0.29) is 23.2 Å². The maximum atomic E-state index is 14.3. The van der Waals surface area contributed by atoms with Crippen LogP contribution in [0.5, 0.6) is 5.75 Å². The summed E-state index contributed by atoms with van der Waals surface area (Å²) in [4.78, 5) is 21.8. The number of carbonyl (C=O) groups is 1. The summed E-state index contributed by atoms with van der Waals surface area (Å²) in [5.41, 5.74) is -0.126. The Hall–Kier alpha value is -2.41. The van der Waals surface area contributed by atoms with Gasteiger partial charge in [-0.2, -0.15) is 0 Å². The molecule has 31 heavy (non-hydrogen) atoms. The molecule has 0 fully saturated rings. The van der Waals surface area contributed by atoms with Gasteiger partial charge in [-0.25, -0.2) is 19.2 Å². The van der Waals surface area contributed by atoms with Crippen LogP contribution in [0.2, 0.25) is 5.15 Å². The van der Waals surface area contributed by atoms with Gasteiger partial charge in [-0.15, -0.1) is 0 Å². The minimum Gasteiger partial charge on any atom is -0.489 e. The largest absolute Gasteiger partial charge is 0.489 e. The van der Waals surface area contributed by atoms with Crippen LogP contribution in [0.4, 0.5) is 9.18 Å². The Labute approximate surface area is 188 Å². The highest BCUT2D eigenvalue weighted by Gasteiger charge is 2.43. The molecule has 0 radical (unpaired) electrons. The lowest BCUT2D eigenvalue weighted by atomic mass is 9.86. The molecule has 1 N–H and O–H groups in total. The minimum atomic E-state index is -0.991. The van der Waals surface area contributed by atoms with Gasteiger partial charge in [0.05, 0.1) is 16.9 Å². The van der Waals surface area contributed by atoms with Crippen molar-refractivity contribution in [3.8, 4) is 17.0 Å². The Bertz CT molecular complexity index is 946. The molecule has 2 rings (SSSR count). The Morgan fingerprint density at radius 2 is 1.90 bits per heavy atom. The molecule has 1 atom stereocenters. The lowest BCUT2D eigenvalue weighted by Gasteiger charge is -2.47. The summed E-state index contributed by atoms with van der Waals surface area (Å²) >= 11 is 5.78. The summed E-state index contributed by atoms with van der Waals surface area (Å²) in [5, 5.41) is 9.72. The number of pyridine rings is 2. The van der Waals surface area contributed by atoms with Crippen molar-refractivity contribution in [1.29, 1.82) is 0 Å². The van der Waals surface area contributed by atoms with E-state index in [1.54, 1.807) is 19.1 Å². The summed E-state index contributed by atoms with van der Waals surface area (Å²) < 4.78 is 20.4. The maximum Gasteiger partial charge on any atom is 0.408 e. The van der Waals surface area contributed by atoms with Gasteiger partial charge in [0.15, 0.2) is 11.0 Å². The summed E-state index contributed by atoms with van der Waals surface area (Å²) in [7, 11) is 0. The number of ether oxygens (including phenoxy) is 1. The molecule has 6 nitrogen and oxygen atoms in total. The van der Waals surface area contributed by atoms with Crippen LogP contribution in [0.15, 0.2) is 24.4 Å². The van der Waals surface area contributed by atoms with Crippen molar-refractivity contribution in [1.82, 2.24) is 14.9 Å². The van der Waals surface area contributed by atoms with Crippen molar-refractivity contribution in [2.24, 2.45) is 5.92 Å². The Balaban J connectivity index is 2.33. The van der Waals surface area contributed by atoms with E-state index in [2.05, 4.69) is 23.8 Å². The van der Waals surface area contributed by atoms with Gasteiger partial charge < -0.3 is 9.84 Å². The number of carboxylic acid groups (broad SMARTS) is 1. The first-order chi connectivity index (χ1) is 14.3. The molecular weight excluding hydrogens is 421 g/mol. The van der Waals surface area contributed by atoms with Gasteiger partial charge in [-0.3, -0.25) is 4.90 Å². The fourth-order valence-electron chi connectivity index (χ4n) is 4.12. The summed E-state index contributed by atoms with van der Waals surface area (Å²) in [5.74, 6) is 0.147. The Morgan fingerprint density at radius 3 is 2.42 bits per heavy atom. The van der Waals surface area contributed by atoms with Gasteiger partial charge in [0.1, 0.15) is 12.4 Å². The first-order valence-electron chi connectivity index (χ1n) is 10.2. The number of rotatable bonds is 7. The van der Waals surface area contributed by atoms with Crippen molar-refractivity contribution in [3.63, 3.8) is 0 Å². The molecular formula is C23H31ClFN3O3. The number of halogens is 2. The van der Waals surface area contributed by atoms with Crippen LogP contribution >= 0.6 is 11.6 Å². The predicted molar refractivity (Wildman–Crippen MR) is 120 cm³/mol. The Kier molecular flexibility index (Phi) is 7.53. The zero-order valence-corrected chi connectivity index (χ0v) is 19.9. The molecule has 2 aromatic heterocycles. The number of amides is 1. The quantitative estimate of drug-likeness (QED) is 0.506. The van der Waals surface area contributed by atoms with Gasteiger partial charge >= 0.3 is 6.09 Å². The SMILES string of the molecule is Cc1nc(-c2ccnc(Cl)c2F)ccc1OC[C@](C)(CC(C)C)N(C(=O)O)C(C)(C)C. The third kappa shape index (κ3) is 5.85. The first kappa shape index (κ1) is 24.9. The van der Waals surface area contributed by atoms with E-state index in [1.807, 2.05) is 27.7 Å². The lowest BCUT2D eigenvalue weighted by Crippen LogP contribution is -2.61. The van der Waals surface area contributed by atoms with Crippen LogP contribution in [0.25, 0.3) is 11.3 Å². The van der Waals surface area contributed by atoms with Gasteiger partial charge in [0, 0.05) is 17.3 Å². The van der Waals surface area contributed by atoms with E-state index in [9.17, 15) is 14.3 Å².